The van der Waals surface area contributed by atoms with Gasteiger partial charge in [0.05, 0.1) is 24.2 Å². The van der Waals surface area contributed by atoms with E-state index in [2.05, 4.69) is 6.58 Å². The molecular weight excluding hydrogens is 360 g/mol. The highest BCUT2D eigenvalue weighted by Crippen LogP contribution is 2.71. The molecule has 0 unspecified atom stereocenters. The van der Waals surface area contributed by atoms with E-state index in [1.807, 2.05) is 13.8 Å². The van der Waals surface area contributed by atoms with Gasteiger partial charge in [-0.2, -0.15) is 0 Å². The summed E-state index contributed by atoms with van der Waals surface area (Å²) in [6, 6.07) is 0. The van der Waals surface area contributed by atoms with Crippen LogP contribution < -0.4 is 0 Å². The molecule has 2 N–H and O–H groups in total. The van der Waals surface area contributed by atoms with Crippen LogP contribution in [0.1, 0.15) is 33.6 Å². The Morgan fingerprint density at radius 1 is 1.14 bits per heavy atom. The highest BCUT2D eigenvalue weighted by Gasteiger charge is 2.82. The first-order chi connectivity index (χ1) is 13.1. The number of carbonyl (C=O) groups excluding carboxylic acids is 3. The summed E-state index contributed by atoms with van der Waals surface area (Å²) >= 11 is 0. The highest BCUT2D eigenvalue weighted by atomic mass is 16.5. The predicted octanol–water partition coefficient (Wildman–Crippen LogP) is 0.999. The van der Waals surface area contributed by atoms with Gasteiger partial charge in [-0.15, -0.1) is 0 Å². The fraction of sp³-hybridized carbons (Fsp3) is 0.682. The summed E-state index contributed by atoms with van der Waals surface area (Å²) in [5, 5.41) is 22.3. The second-order valence-corrected chi connectivity index (χ2v) is 9.82. The molecule has 4 aliphatic carbocycles. The van der Waals surface area contributed by atoms with Crippen molar-refractivity contribution in [2.75, 3.05) is 6.61 Å². The standard InChI is InChI=1S/C22H26O6/c1-5-10-16(25)21-8-28-19(10)20(3,4)14(21)13(23)18(27)22-12(21)7-6-11(17(22)26)9(2)15(22)24/h5,11-14,17,19,23,26H,2,6-8H2,1,3-4H3/b10-5-/t11-,12-,13-,14+,17+,19+,21-,22-/m0/s1. The molecule has 2 saturated heterocycles. The van der Waals surface area contributed by atoms with Crippen molar-refractivity contribution in [3.8, 4) is 0 Å². The minimum Gasteiger partial charge on any atom is -0.391 e. The maximum Gasteiger partial charge on any atom is 0.178 e. The van der Waals surface area contributed by atoms with Gasteiger partial charge in [0.15, 0.2) is 17.3 Å². The lowest BCUT2D eigenvalue weighted by molar-refractivity contribution is -0.262. The van der Waals surface area contributed by atoms with Crippen LogP contribution in [0.25, 0.3) is 0 Å². The van der Waals surface area contributed by atoms with Crippen LogP contribution >= 0.6 is 0 Å². The van der Waals surface area contributed by atoms with E-state index >= 15 is 0 Å². The summed E-state index contributed by atoms with van der Waals surface area (Å²) in [6.07, 6.45) is -0.536. The third-order valence-electron chi connectivity index (χ3n) is 8.69. The van der Waals surface area contributed by atoms with E-state index in [9.17, 15) is 24.6 Å². The molecule has 2 aliphatic heterocycles. The number of aliphatic hydroxyl groups is 2. The van der Waals surface area contributed by atoms with E-state index in [1.54, 1.807) is 13.0 Å². The Bertz CT molecular complexity index is 883. The Kier molecular flexibility index (Phi) is 3.35. The van der Waals surface area contributed by atoms with Crippen molar-refractivity contribution < 1.29 is 29.3 Å². The van der Waals surface area contributed by atoms with Gasteiger partial charge in [-0.1, -0.05) is 26.5 Å². The first kappa shape index (κ1) is 18.4. The second kappa shape index (κ2) is 5.10. The van der Waals surface area contributed by atoms with Crippen LogP contribution in [0, 0.1) is 34.0 Å². The zero-order valence-electron chi connectivity index (χ0n) is 16.4. The van der Waals surface area contributed by atoms with Gasteiger partial charge in [-0.05, 0) is 31.3 Å². The number of Topliss-reactive ketones (excluding diaryl/α,β-unsaturated/α-hetero) is 3. The molecule has 0 aromatic carbocycles. The third-order valence-corrected chi connectivity index (χ3v) is 8.69. The molecule has 6 heteroatoms. The minimum atomic E-state index is -1.78. The molecular formula is C22H26O6. The number of ketones is 3. The van der Waals surface area contributed by atoms with Gasteiger partial charge in [0.2, 0.25) is 0 Å². The molecule has 6 aliphatic rings. The largest absolute Gasteiger partial charge is 0.391 e. The third kappa shape index (κ3) is 1.53. The average molecular weight is 386 g/mol. The highest BCUT2D eigenvalue weighted by molar-refractivity contribution is 6.21. The smallest absolute Gasteiger partial charge is 0.178 e. The summed E-state index contributed by atoms with van der Waals surface area (Å²) in [7, 11) is 0. The zero-order chi connectivity index (χ0) is 20.4. The monoisotopic (exact) mass is 386 g/mol. The van der Waals surface area contributed by atoms with E-state index in [0.29, 0.717) is 18.4 Å². The summed E-state index contributed by atoms with van der Waals surface area (Å²) < 4.78 is 6.13. The van der Waals surface area contributed by atoms with Crippen LogP contribution in [-0.2, 0) is 19.1 Å². The molecule has 2 heterocycles. The number of carbonyl (C=O) groups is 3. The van der Waals surface area contributed by atoms with Crippen LogP contribution in [0.15, 0.2) is 23.8 Å². The van der Waals surface area contributed by atoms with Crippen molar-refractivity contribution in [1.29, 1.82) is 0 Å². The molecule has 6 fully saturated rings. The lowest BCUT2D eigenvalue weighted by Crippen LogP contribution is -2.79. The van der Waals surface area contributed by atoms with Crippen LogP contribution in [0.2, 0.25) is 0 Å². The van der Waals surface area contributed by atoms with Crippen LogP contribution in [0.5, 0.6) is 0 Å². The Morgan fingerprint density at radius 3 is 2.46 bits per heavy atom. The fourth-order valence-corrected chi connectivity index (χ4v) is 7.72. The number of ether oxygens (including phenoxy) is 1. The molecule has 8 atom stereocenters. The van der Waals surface area contributed by atoms with Crippen molar-refractivity contribution in [2.45, 2.75) is 51.9 Å². The topological polar surface area (TPSA) is 101 Å². The minimum absolute atomic E-state index is 0.0653. The van der Waals surface area contributed by atoms with Crippen molar-refractivity contribution in [1.82, 2.24) is 0 Å². The van der Waals surface area contributed by atoms with E-state index in [1.165, 1.54) is 0 Å². The number of aliphatic hydroxyl groups excluding tert-OH is 2. The maximum atomic E-state index is 13.7. The molecule has 2 spiro atoms. The molecule has 4 saturated carbocycles. The number of fused-ring (bicyclic) bond motifs is 3. The number of hydrogen-bond acceptors (Lipinski definition) is 6. The van der Waals surface area contributed by atoms with Crippen LogP contribution in [0.4, 0.5) is 0 Å². The first-order valence-electron chi connectivity index (χ1n) is 10.1. The van der Waals surface area contributed by atoms with Gasteiger partial charge in [0.25, 0.3) is 0 Å². The van der Waals surface area contributed by atoms with E-state index in [-0.39, 0.29) is 18.0 Å². The van der Waals surface area contributed by atoms with Crippen LogP contribution in [0.3, 0.4) is 0 Å². The Hall–Kier alpha value is -1.63. The SMILES string of the molecule is C=C1C(=O)[C@@]23C(=O)[C@@H](O)[C@@H]4C(C)(C)[C@@H]5OC[C@]4(C(=O)/C5=C/C)[C@@H]2CC[C@@H]1[C@H]3O. The molecule has 150 valence electrons. The number of hydrogen-bond donors (Lipinski definition) is 2. The lowest BCUT2D eigenvalue weighted by atomic mass is 9.36. The number of allylic oxidation sites excluding steroid dienone is 1. The molecule has 0 radical (unpaired) electrons. The van der Waals surface area contributed by atoms with Gasteiger partial charge in [-0.25, -0.2) is 0 Å². The van der Waals surface area contributed by atoms with Gasteiger partial charge >= 0.3 is 0 Å². The summed E-state index contributed by atoms with van der Waals surface area (Å²) in [6.45, 7) is 9.52. The first-order valence-corrected chi connectivity index (χ1v) is 10.1. The van der Waals surface area contributed by atoms with Gasteiger partial charge < -0.3 is 14.9 Å². The van der Waals surface area contributed by atoms with Gasteiger partial charge in [0, 0.05) is 22.8 Å². The predicted molar refractivity (Wildman–Crippen MR) is 98.0 cm³/mol. The van der Waals surface area contributed by atoms with Crippen LogP contribution in [-0.4, -0.2) is 52.5 Å². The quantitative estimate of drug-likeness (QED) is 0.476. The zero-order valence-corrected chi connectivity index (χ0v) is 16.4. The van der Waals surface area contributed by atoms with Crippen molar-refractivity contribution >= 4 is 17.3 Å². The normalized spacial score (nSPS) is 52.8. The molecule has 0 amide bonds. The summed E-state index contributed by atoms with van der Waals surface area (Å²) in [4.78, 5) is 40.6. The molecule has 0 aromatic heterocycles. The molecule has 6 nitrogen and oxygen atoms in total. The lowest BCUT2D eigenvalue weighted by Gasteiger charge is -2.68. The number of rotatable bonds is 0. The van der Waals surface area contributed by atoms with E-state index < -0.39 is 63.9 Å². The van der Waals surface area contributed by atoms with Crippen molar-refractivity contribution in [2.24, 2.45) is 34.0 Å². The fourth-order valence-electron chi connectivity index (χ4n) is 7.72. The Morgan fingerprint density at radius 2 is 1.82 bits per heavy atom. The molecule has 28 heavy (non-hydrogen) atoms. The van der Waals surface area contributed by atoms with Crippen molar-refractivity contribution in [3.63, 3.8) is 0 Å². The average Bonchev–Trinajstić information content (AvgIpc) is 2.75. The van der Waals surface area contributed by atoms with Gasteiger partial charge in [-0.3, -0.25) is 14.4 Å². The summed E-state index contributed by atoms with van der Waals surface area (Å²) in [5.41, 5.74) is -2.85. The maximum absolute atomic E-state index is 13.7. The molecule has 0 aromatic rings. The van der Waals surface area contributed by atoms with E-state index in [0.717, 1.165) is 0 Å². The molecule has 6 rings (SSSR count). The van der Waals surface area contributed by atoms with Gasteiger partial charge in [0.1, 0.15) is 11.5 Å². The second-order valence-electron chi connectivity index (χ2n) is 9.82. The van der Waals surface area contributed by atoms with E-state index in [4.69, 9.17) is 4.74 Å². The summed E-state index contributed by atoms with van der Waals surface area (Å²) in [5.74, 6) is -3.10. The molecule has 4 bridgehead atoms. The Labute approximate surface area is 163 Å². The van der Waals surface area contributed by atoms with Crippen molar-refractivity contribution in [3.05, 3.63) is 23.8 Å². The Balaban J connectivity index is 1.83.